The van der Waals surface area contributed by atoms with Crippen LogP contribution in [-0.4, -0.2) is 39.2 Å². The van der Waals surface area contributed by atoms with Crippen molar-refractivity contribution in [1.82, 2.24) is 14.8 Å². The lowest BCUT2D eigenvalue weighted by atomic mass is 9.76. The van der Waals surface area contributed by atoms with E-state index in [0.29, 0.717) is 5.92 Å². The van der Waals surface area contributed by atoms with Gasteiger partial charge in [-0.3, -0.25) is 4.68 Å². The van der Waals surface area contributed by atoms with Crippen LogP contribution in [0.3, 0.4) is 0 Å². The Bertz CT molecular complexity index is 416. The number of hydrogen-bond donors (Lipinski definition) is 1. The second-order valence-electron chi connectivity index (χ2n) is 5.57. The topological polar surface area (TPSA) is 60.2 Å². The summed E-state index contributed by atoms with van der Waals surface area (Å²) in [5, 5.41) is 14.1. The van der Waals surface area contributed by atoms with E-state index in [9.17, 15) is 5.11 Å². The minimum Gasteiger partial charge on any atom is -0.396 e. The number of aromatic nitrogens is 3. The average molecular weight is 251 g/mol. The molecule has 2 heterocycles. The van der Waals surface area contributed by atoms with E-state index in [0.717, 1.165) is 31.8 Å². The van der Waals surface area contributed by atoms with Gasteiger partial charge in [-0.05, 0) is 32.1 Å². The van der Waals surface area contributed by atoms with Crippen LogP contribution in [-0.2, 0) is 17.7 Å². The molecule has 5 heteroatoms. The van der Waals surface area contributed by atoms with E-state index in [1.165, 1.54) is 12.8 Å². The standard InChI is InChI=1S/C13H21N3O2/c1-2-16-11(14-9-15-16)7-13(8-17)5-6-18-12(13)10-3-4-10/h9-10,12,17H,2-8H2,1H3. The summed E-state index contributed by atoms with van der Waals surface area (Å²) < 4.78 is 7.80. The molecular weight excluding hydrogens is 230 g/mol. The summed E-state index contributed by atoms with van der Waals surface area (Å²) >= 11 is 0. The third-order valence-electron chi connectivity index (χ3n) is 4.37. The van der Waals surface area contributed by atoms with Crippen molar-refractivity contribution < 1.29 is 9.84 Å². The van der Waals surface area contributed by atoms with Gasteiger partial charge in [0, 0.05) is 25.0 Å². The van der Waals surface area contributed by atoms with Gasteiger partial charge in [0.15, 0.2) is 0 Å². The molecule has 0 spiro atoms. The Morgan fingerprint density at radius 3 is 3.06 bits per heavy atom. The Balaban J connectivity index is 1.82. The molecular formula is C13H21N3O2. The van der Waals surface area contributed by atoms with Crippen molar-refractivity contribution in [1.29, 1.82) is 0 Å². The Kier molecular flexibility index (Phi) is 3.11. The third kappa shape index (κ3) is 1.95. The van der Waals surface area contributed by atoms with Crippen LogP contribution in [0.2, 0.25) is 0 Å². The van der Waals surface area contributed by atoms with Crippen LogP contribution in [0, 0.1) is 11.3 Å². The van der Waals surface area contributed by atoms with Gasteiger partial charge in [0.05, 0.1) is 12.7 Å². The number of rotatable bonds is 5. The minimum atomic E-state index is -0.138. The molecule has 2 unspecified atom stereocenters. The maximum absolute atomic E-state index is 9.89. The van der Waals surface area contributed by atoms with Crippen LogP contribution in [0.1, 0.15) is 32.0 Å². The monoisotopic (exact) mass is 251 g/mol. The minimum absolute atomic E-state index is 0.138. The largest absolute Gasteiger partial charge is 0.396 e. The van der Waals surface area contributed by atoms with E-state index in [2.05, 4.69) is 17.0 Å². The van der Waals surface area contributed by atoms with E-state index in [1.807, 2.05) is 4.68 Å². The molecule has 2 aliphatic rings. The molecule has 1 aromatic heterocycles. The zero-order valence-corrected chi connectivity index (χ0v) is 10.9. The van der Waals surface area contributed by atoms with Crippen LogP contribution in [0.25, 0.3) is 0 Å². The Hall–Kier alpha value is -0.940. The zero-order valence-electron chi connectivity index (χ0n) is 10.9. The summed E-state index contributed by atoms with van der Waals surface area (Å²) in [4.78, 5) is 4.34. The number of aliphatic hydroxyl groups excluding tert-OH is 1. The Morgan fingerprint density at radius 2 is 2.39 bits per heavy atom. The van der Waals surface area contributed by atoms with Crippen molar-refractivity contribution >= 4 is 0 Å². The molecule has 1 saturated heterocycles. The van der Waals surface area contributed by atoms with Crippen molar-refractivity contribution in [2.45, 2.75) is 45.3 Å². The van der Waals surface area contributed by atoms with Gasteiger partial charge in [0.1, 0.15) is 12.2 Å². The van der Waals surface area contributed by atoms with Gasteiger partial charge in [-0.2, -0.15) is 5.10 Å². The summed E-state index contributed by atoms with van der Waals surface area (Å²) in [6.07, 6.45) is 6.01. The molecule has 2 fully saturated rings. The normalized spacial score (nSPS) is 32.0. The summed E-state index contributed by atoms with van der Waals surface area (Å²) in [7, 11) is 0. The number of hydrogen-bond acceptors (Lipinski definition) is 4. The fourth-order valence-electron chi connectivity index (χ4n) is 3.16. The molecule has 0 aromatic carbocycles. The van der Waals surface area contributed by atoms with Crippen LogP contribution in [0.15, 0.2) is 6.33 Å². The van der Waals surface area contributed by atoms with Gasteiger partial charge < -0.3 is 9.84 Å². The first-order valence-electron chi connectivity index (χ1n) is 6.88. The highest BCUT2D eigenvalue weighted by Gasteiger charge is 2.51. The maximum atomic E-state index is 9.89. The predicted octanol–water partition coefficient (Wildman–Crippen LogP) is 1.02. The van der Waals surface area contributed by atoms with Gasteiger partial charge in [-0.25, -0.2) is 4.98 Å². The molecule has 1 saturated carbocycles. The molecule has 2 atom stereocenters. The van der Waals surface area contributed by atoms with Gasteiger partial charge in [0.25, 0.3) is 0 Å². The average Bonchev–Trinajstić information content (AvgIpc) is 3.00. The summed E-state index contributed by atoms with van der Waals surface area (Å²) in [6.45, 7) is 3.84. The zero-order chi connectivity index (χ0) is 12.6. The van der Waals surface area contributed by atoms with E-state index < -0.39 is 0 Å². The molecule has 3 rings (SSSR count). The first-order valence-corrected chi connectivity index (χ1v) is 6.88. The maximum Gasteiger partial charge on any atom is 0.138 e. The number of aliphatic hydroxyl groups is 1. The van der Waals surface area contributed by atoms with E-state index in [4.69, 9.17) is 4.74 Å². The van der Waals surface area contributed by atoms with Crippen molar-refractivity contribution in [2.24, 2.45) is 11.3 Å². The molecule has 100 valence electrons. The van der Waals surface area contributed by atoms with E-state index in [-0.39, 0.29) is 18.1 Å². The van der Waals surface area contributed by atoms with Crippen LogP contribution in [0.5, 0.6) is 0 Å². The first kappa shape index (κ1) is 12.1. The smallest absolute Gasteiger partial charge is 0.138 e. The van der Waals surface area contributed by atoms with Gasteiger partial charge in [-0.1, -0.05) is 0 Å². The SMILES string of the molecule is CCn1ncnc1CC1(CO)CCOC1C1CC1. The molecule has 5 nitrogen and oxygen atoms in total. The third-order valence-corrected chi connectivity index (χ3v) is 4.37. The van der Waals surface area contributed by atoms with E-state index >= 15 is 0 Å². The molecule has 1 aliphatic heterocycles. The van der Waals surface area contributed by atoms with Gasteiger partial charge in [-0.15, -0.1) is 0 Å². The lowest BCUT2D eigenvalue weighted by Gasteiger charge is -2.32. The molecule has 1 N–H and O–H groups in total. The predicted molar refractivity (Wildman–Crippen MR) is 66.0 cm³/mol. The highest BCUT2D eigenvalue weighted by molar-refractivity contribution is 5.04. The van der Waals surface area contributed by atoms with Crippen molar-refractivity contribution in [3.05, 3.63) is 12.2 Å². The summed E-state index contributed by atoms with van der Waals surface area (Å²) in [6, 6.07) is 0. The number of aryl methyl sites for hydroxylation is 1. The van der Waals surface area contributed by atoms with E-state index in [1.54, 1.807) is 6.33 Å². The molecule has 1 aromatic rings. The molecule has 1 aliphatic carbocycles. The number of ether oxygens (including phenoxy) is 1. The lowest BCUT2D eigenvalue weighted by Crippen LogP contribution is -2.39. The lowest BCUT2D eigenvalue weighted by molar-refractivity contribution is -0.000914. The van der Waals surface area contributed by atoms with Crippen LogP contribution in [0.4, 0.5) is 0 Å². The fourth-order valence-corrected chi connectivity index (χ4v) is 3.16. The number of nitrogens with zero attached hydrogens (tertiary/aromatic N) is 3. The second-order valence-corrected chi connectivity index (χ2v) is 5.57. The van der Waals surface area contributed by atoms with Crippen LogP contribution < -0.4 is 0 Å². The first-order chi connectivity index (χ1) is 8.79. The quantitative estimate of drug-likeness (QED) is 0.848. The Labute approximate surface area is 107 Å². The fraction of sp³-hybridized carbons (Fsp3) is 0.846. The van der Waals surface area contributed by atoms with Crippen LogP contribution >= 0.6 is 0 Å². The summed E-state index contributed by atoms with van der Waals surface area (Å²) in [5.74, 6) is 1.63. The molecule has 0 amide bonds. The summed E-state index contributed by atoms with van der Waals surface area (Å²) in [5.41, 5.74) is -0.138. The van der Waals surface area contributed by atoms with Crippen molar-refractivity contribution in [2.75, 3.05) is 13.2 Å². The van der Waals surface area contributed by atoms with Crippen molar-refractivity contribution in [3.8, 4) is 0 Å². The molecule has 0 radical (unpaired) electrons. The van der Waals surface area contributed by atoms with Gasteiger partial charge in [0.2, 0.25) is 0 Å². The second kappa shape index (κ2) is 4.63. The molecule has 0 bridgehead atoms. The van der Waals surface area contributed by atoms with Crippen molar-refractivity contribution in [3.63, 3.8) is 0 Å². The highest BCUT2D eigenvalue weighted by atomic mass is 16.5. The van der Waals surface area contributed by atoms with Gasteiger partial charge >= 0.3 is 0 Å². The Morgan fingerprint density at radius 1 is 1.56 bits per heavy atom. The highest BCUT2D eigenvalue weighted by Crippen LogP contribution is 2.49. The molecule has 18 heavy (non-hydrogen) atoms.